The van der Waals surface area contributed by atoms with Crippen molar-refractivity contribution < 1.29 is 13.6 Å². The van der Waals surface area contributed by atoms with Gasteiger partial charge in [0, 0.05) is 12.5 Å². The summed E-state index contributed by atoms with van der Waals surface area (Å²) in [6, 6.07) is 13.2. The maximum atomic E-state index is 13.2. The van der Waals surface area contributed by atoms with Crippen molar-refractivity contribution in [1.82, 2.24) is 4.90 Å². The minimum Gasteiger partial charge on any atom is -0.464 e. The Morgan fingerprint density at radius 1 is 1.04 bits per heavy atom. The molecule has 1 aliphatic carbocycles. The van der Waals surface area contributed by atoms with E-state index in [4.69, 9.17) is 4.42 Å². The van der Waals surface area contributed by atoms with Crippen LogP contribution < -0.4 is 5.43 Å². The Labute approximate surface area is 162 Å². The average Bonchev–Trinajstić information content (AvgIpc) is 3.25. The van der Waals surface area contributed by atoms with Gasteiger partial charge in [-0.25, -0.2) is 4.39 Å². The van der Waals surface area contributed by atoms with Gasteiger partial charge in [0.15, 0.2) is 5.43 Å². The third-order valence-electron chi connectivity index (χ3n) is 5.42. The Balaban J connectivity index is 1.64. The summed E-state index contributed by atoms with van der Waals surface area (Å²) in [6.45, 7) is 0.516. The molecular weight excluding hydrogens is 357 g/mol. The van der Waals surface area contributed by atoms with Crippen LogP contribution in [0.3, 0.4) is 0 Å². The number of rotatable bonds is 5. The molecule has 1 aromatic heterocycles. The summed E-state index contributed by atoms with van der Waals surface area (Å²) in [5.41, 5.74) is 1.69. The number of hydrogen-bond donors (Lipinski definition) is 0. The topological polar surface area (TPSA) is 50.5 Å². The molecule has 1 heterocycles. The first-order valence-electron chi connectivity index (χ1n) is 9.64. The van der Waals surface area contributed by atoms with Gasteiger partial charge in [0.25, 0.3) is 0 Å². The second kappa shape index (κ2) is 7.97. The van der Waals surface area contributed by atoms with Crippen molar-refractivity contribution in [2.75, 3.05) is 0 Å². The molecule has 3 aromatic rings. The van der Waals surface area contributed by atoms with Crippen molar-refractivity contribution in [2.24, 2.45) is 5.92 Å². The quantitative estimate of drug-likeness (QED) is 0.648. The molecule has 144 valence electrons. The van der Waals surface area contributed by atoms with Gasteiger partial charge in [-0.3, -0.25) is 9.59 Å². The number of carbonyl (C=O) groups is 1. The number of carbonyl (C=O) groups excluding carboxylic acids is 1. The minimum atomic E-state index is -0.312. The fourth-order valence-electron chi connectivity index (χ4n) is 3.89. The molecule has 4 nitrogen and oxygen atoms in total. The molecule has 1 fully saturated rings. The Morgan fingerprint density at radius 2 is 1.75 bits per heavy atom. The van der Waals surface area contributed by atoms with Crippen molar-refractivity contribution in [3.05, 3.63) is 82.0 Å². The molecular formula is C23H22FNO3. The average molecular weight is 379 g/mol. The van der Waals surface area contributed by atoms with Crippen LogP contribution in [0.25, 0.3) is 11.0 Å². The van der Waals surface area contributed by atoms with Crippen molar-refractivity contribution in [2.45, 2.75) is 38.8 Å². The zero-order valence-corrected chi connectivity index (χ0v) is 15.6. The Morgan fingerprint density at radius 3 is 2.50 bits per heavy atom. The SMILES string of the molecule is O=C(C1CCCC1)N(Cc1ccc(F)cc1)Cc1coc2ccccc2c1=O. The van der Waals surface area contributed by atoms with Crippen molar-refractivity contribution >= 4 is 16.9 Å². The van der Waals surface area contributed by atoms with Crippen LogP contribution in [-0.2, 0) is 17.9 Å². The summed E-state index contributed by atoms with van der Waals surface area (Å²) < 4.78 is 18.9. The molecule has 0 aliphatic heterocycles. The lowest BCUT2D eigenvalue weighted by atomic mass is 10.0. The number of para-hydroxylation sites is 1. The fourth-order valence-corrected chi connectivity index (χ4v) is 3.89. The first-order chi connectivity index (χ1) is 13.6. The van der Waals surface area contributed by atoms with Crippen molar-refractivity contribution in [3.8, 4) is 0 Å². The van der Waals surface area contributed by atoms with Crippen LogP contribution in [0.1, 0.15) is 36.8 Å². The van der Waals surface area contributed by atoms with Crippen LogP contribution in [-0.4, -0.2) is 10.8 Å². The highest BCUT2D eigenvalue weighted by Gasteiger charge is 2.28. The first kappa shape index (κ1) is 18.4. The molecule has 1 aliphatic rings. The minimum absolute atomic E-state index is 0.00653. The Kier molecular flexibility index (Phi) is 5.24. The van der Waals surface area contributed by atoms with Crippen LogP contribution >= 0.6 is 0 Å². The second-order valence-corrected chi connectivity index (χ2v) is 7.39. The Bertz CT molecular complexity index is 1040. The van der Waals surface area contributed by atoms with E-state index in [1.165, 1.54) is 18.4 Å². The van der Waals surface area contributed by atoms with E-state index in [0.29, 0.717) is 23.1 Å². The van der Waals surface area contributed by atoms with E-state index in [1.807, 2.05) is 6.07 Å². The number of amides is 1. The molecule has 0 unspecified atom stereocenters. The molecule has 0 saturated heterocycles. The third-order valence-corrected chi connectivity index (χ3v) is 5.42. The van der Waals surface area contributed by atoms with Crippen molar-refractivity contribution in [1.29, 1.82) is 0 Å². The molecule has 0 N–H and O–H groups in total. The summed E-state index contributed by atoms with van der Waals surface area (Å²) in [4.78, 5) is 27.7. The predicted molar refractivity (Wildman–Crippen MR) is 105 cm³/mol. The van der Waals surface area contributed by atoms with Gasteiger partial charge in [0.2, 0.25) is 5.91 Å². The van der Waals surface area contributed by atoms with Crippen molar-refractivity contribution in [3.63, 3.8) is 0 Å². The number of halogens is 1. The first-order valence-corrected chi connectivity index (χ1v) is 9.64. The lowest BCUT2D eigenvalue weighted by Gasteiger charge is -2.25. The van der Waals surface area contributed by atoms with Gasteiger partial charge < -0.3 is 9.32 Å². The smallest absolute Gasteiger partial charge is 0.226 e. The van der Waals surface area contributed by atoms with Gasteiger partial charge in [0.1, 0.15) is 11.4 Å². The van der Waals surface area contributed by atoms with Crippen LogP contribution in [0.2, 0.25) is 0 Å². The molecule has 5 heteroatoms. The molecule has 2 aromatic carbocycles. The highest BCUT2D eigenvalue weighted by atomic mass is 19.1. The van der Waals surface area contributed by atoms with Crippen LogP contribution in [0.5, 0.6) is 0 Å². The summed E-state index contributed by atoms with van der Waals surface area (Å²) in [5, 5.41) is 0.509. The molecule has 0 bridgehead atoms. The number of benzene rings is 2. The molecule has 0 spiro atoms. The summed E-state index contributed by atoms with van der Waals surface area (Å²) >= 11 is 0. The molecule has 0 radical (unpaired) electrons. The van der Waals surface area contributed by atoms with Gasteiger partial charge in [-0.05, 0) is 42.7 Å². The van der Waals surface area contributed by atoms with Gasteiger partial charge in [-0.2, -0.15) is 0 Å². The maximum absolute atomic E-state index is 13.2. The summed E-state index contributed by atoms with van der Waals surface area (Å²) in [6.07, 6.45) is 5.32. The van der Waals surface area contributed by atoms with Crippen LogP contribution in [0.15, 0.2) is 64.0 Å². The number of nitrogens with zero attached hydrogens (tertiary/aromatic N) is 1. The molecule has 1 amide bonds. The highest BCUT2D eigenvalue weighted by molar-refractivity contribution is 5.80. The highest BCUT2D eigenvalue weighted by Crippen LogP contribution is 2.28. The Hall–Kier alpha value is -2.95. The van der Waals surface area contributed by atoms with Crippen LogP contribution in [0, 0.1) is 11.7 Å². The van der Waals surface area contributed by atoms with Gasteiger partial charge in [0.05, 0.1) is 23.8 Å². The van der Waals surface area contributed by atoms with E-state index < -0.39 is 0 Å². The molecule has 4 rings (SSSR count). The third kappa shape index (κ3) is 3.84. The monoisotopic (exact) mass is 379 g/mol. The summed E-state index contributed by atoms with van der Waals surface area (Å²) in [5.74, 6) is -0.269. The lowest BCUT2D eigenvalue weighted by Crippen LogP contribution is -2.35. The zero-order valence-electron chi connectivity index (χ0n) is 15.6. The van der Waals surface area contributed by atoms with Gasteiger partial charge >= 0.3 is 0 Å². The van der Waals surface area contributed by atoms with E-state index in [9.17, 15) is 14.0 Å². The van der Waals surface area contributed by atoms with E-state index in [1.54, 1.807) is 35.2 Å². The van der Waals surface area contributed by atoms with E-state index >= 15 is 0 Å². The van der Waals surface area contributed by atoms with E-state index in [2.05, 4.69) is 0 Å². The van der Waals surface area contributed by atoms with Gasteiger partial charge in [-0.15, -0.1) is 0 Å². The second-order valence-electron chi connectivity index (χ2n) is 7.39. The molecule has 0 atom stereocenters. The predicted octanol–water partition coefficient (Wildman–Crippen LogP) is 4.65. The molecule has 28 heavy (non-hydrogen) atoms. The standard InChI is InChI=1S/C23H22FNO3/c24-19-11-9-16(10-12-19)13-25(23(27)17-5-1-2-6-17)14-18-15-28-21-8-4-3-7-20(21)22(18)26/h3-4,7-12,15,17H,1-2,5-6,13-14H2. The van der Waals surface area contributed by atoms with Gasteiger partial charge in [-0.1, -0.05) is 37.1 Å². The number of hydrogen-bond acceptors (Lipinski definition) is 3. The zero-order chi connectivity index (χ0) is 19.5. The van der Waals surface area contributed by atoms with Crippen LogP contribution in [0.4, 0.5) is 4.39 Å². The molecule has 1 saturated carbocycles. The summed E-state index contributed by atoms with van der Waals surface area (Å²) in [7, 11) is 0. The lowest BCUT2D eigenvalue weighted by molar-refractivity contribution is -0.136. The maximum Gasteiger partial charge on any atom is 0.226 e. The number of fused-ring (bicyclic) bond motifs is 1. The fraction of sp³-hybridized carbons (Fsp3) is 0.304. The normalized spacial score (nSPS) is 14.5. The largest absolute Gasteiger partial charge is 0.464 e. The van der Waals surface area contributed by atoms with E-state index in [-0.39, 0.29) is 29.6 Å². The van der Waals surface area contributed by atoms with E-state index in [0.717, 1.165) is 31.2 Å².